The molecule has 3 rings (SSSR count). The van der Waals surface area contributed by atoms with E-state index in [-0.39, 0.29) is 5.91 Å². The Morgan fingerprint density at radius 2 is 1.60 bits per heavy atom. The minimum absolute atomic E-state index is 0.257. The van der Waals surface area contributed by atoms with Crippen LogP contribution in [-0.2, 0) is 11.2 Å². The molecule has 1 aliphatic carbocycles. The predicted molar refractivity (Wildman–Crippen MR) is 98.3 cm³/mol. The summed E-state index contributed by atoms with van der Waals surface area (Å²) in [4.78, 5) is 17.2. The SMILES string of the molecule is COc1cc(CCC(=O)N2CCN(C3CCCC3)CC2)cc(OC)c1. The zero-order valence-electron chi connectivity index (χ0n) is 15.5. The van der Waals surface area contributed by atoms with Gasteiger partial charge in [0.15, 0.2) is 0 Å². The number of aryl methyl sites for hydroxylation is 1. The second kappa shape index (κ2) is 8.56. The summed E-state index contributed by atoms with van der Waals surface area (Å²) < 4.78 is 10.6. The fourth-order valence-electron chi connectivity index (χ4n) is 4.03. The first-order valence-corrected chi connectivity index (χ1v) is 9.43. The zero-order chi connectivity index (χ0) is 17.6. The molecule has 25 heavy (non-hydrogen) atoms. The van der Waals surface area contributed by atoms with Crippen LogP contribution in [0.4, 0.5) is 0 Å². The average molecular weight is 346 g/mol. The van der Waals surface area contributed by atoms with Crippen LogP contribution in [0.1, 0.15) is 37.7 Å². The molecule has 1 aromatic rings. The van der Waals surface area contributed by atoms with Crippen molar-refractivity contribution in [2.24, 2.45) is 0 Å². The molecule has 2 aliphatic rings. The average Bonchev–Trinajstić information content (AvgIpc) is 3.20. The van der Waals surface area contributed by atoms with E-state index in [4.69, 9.17) is 9.47 Å². The third-order valence-electron chi connectivity index (χ3n) is 5.55. The van der Waals surface area contributed by atoms with Gasteiger partial charge in [-0.1, -0.05) is 12.8 Å². The molecule has 2 fully saturated rings. The van der Waals surface area contributed by atoms with Crippen molar-refractivity contribution in [3.63, 3.8) is 0 Å². The molecule has 1 amide bonds. The molecular weight excluding hydrogens is 316 g/mol. The van der Waals surface area contributed by atoms with Crippen LogP contribution in [0.3, 0.4) is 0 Å². The number of hydrogen-bond acceptors (Lipinski definition) is 4. The number of rotatable bonds is 6. The van der Waals surface area contributed by atoms with E-state index in [1.54, 1.807) is 14.2 Å². The molecule has 1 heterocycles. The van der Waals surface area contributed by atoms with Crippen LogP contribution in [0.2, 0.25) is 0 Å². The Hall–Kier alpha value is -1.75. The first-order chi connectivity index (χ1) is 12.2. The summed E-state index contributed by atoms with van der Waals surface area (Å²) in [5, 5.41) is 0. The summed E-state index contributed by atoms with van der Waals surface area (Å²) in [5.41, 5.74) is 1.08. The maximum absolute atomic E-state index is 12.6. The van der Waals surface area contributed by atoms with Gasteiger partial charge in [-0.25, -0.2) is 0 Å². The summed E-state index contributed by atoms with van der Waals surface area (Å²) in [6, 6.07) is 6.58. The molecule has 0 unspecified atom stereocenters. The molecule has 1 saturated heterocycles. The van der Waals surface area contributed by atoms with E-state index in [2.05, 4.69) is 4.90 Å². The normalized spacial score (nSPS) is 19.2. The van der Waals surface area contributed by atoms with E-state index in [0.29, 0.717) is 6.42 Å². The Balaban J connectivity index is 1.48. The monoisotopic (exact) mass is 346 g/mol. The fourth-order valence-corrected chi connectivity index (χ4v) is 4.03. The van der Waals surface area contributed by atoms with Crippen molar-refractivity contribution < 1.29 is 14.3 Å². The van der Waals surface area contributed by atoms with Crippen molar-refractivity contribution >= 4 is 5.91 Å². The summed E-state index contributed by atoms with van der Waals surface area (Å²) >= 11 is 0. The summed E-state index contributed by atoms with van der Waals surface area (Å²) in [5.74, 6) is 1.80. The largest absolute Gasteiger partial charge is 0.497 e. The van der Waals surface area contributed by atoms with Crippen LogP contribution in [0.15, 0.2) is 18.2 Å². The van der Waals surface area contributed by atoms with Gasteiger partial charge < -0.3 is 14.4 Å². The maximum Gasteiger partial charge on any atom is 0.222 e. The quantitative estimate of drug-likeness (QED) is 0.794. The van der Waals surface area contributed by atoms with Gasteiger partial charge in [0.2, 0.25) is 5.91 Å². The van der Waals surface area contributed by atoms with Gasteiger partial charge in [0.25, 0.3) is 0 Å². The Morgan fingerprint density at radius 1 is 1.00 bits per heavy atom. The topological polar surface area (TPSA) is 42.0 Å². The Morgan fingerprint density at radius 3 is 2.16 bits per heavy atom. The van der Waals surface area contributed by atoms with Gasteiger partial charge in [0, 0.05) is 44.7 Å². The lowest BCUT2D eigenvalue weighted by molar-refractivity contribution is -0.133. The summed E-state index contributed by atoms with van der Waals surface area (Å²) in [6.45, 7) is 3.81. The number of ether oxygens (including phenoxy) is 2. The van der Waals surface area contributed by atoms with Gasteiger partial charge in [0.1, 0.15) is 11.5 Å². The van der Waals surface area contributed by atoms with Crippen LogP contribution >= 0.6 is 0 Å². The Bertz CT molecular complexity index is 554. The first-order valence-electron chi connectivity index (χ1n) is 9.43. The lowest BCUT2D eigenvalue weighted by atomic mass is 10.1. The van der Waals surface area contributed by atoms with Crippen LogP contribution in [0.25, 0.3) is 0 Å². The minimum Gasteiger partial charge on any atom is -0.497 e. The third kappa shape index (κ3) is 4.66. The number of benzene rings is 1. The van der Waals surface area contributed by atoms with E-state index < -0.39 is 0 Å². The van der Waals surface area contributed by atoms with Gasteiger partial charge in [0.05, 0.1) is 14.2 Å². The molecule has 1 aliphatic heterocycles. The Labute approximate surface area is 150 Å². The maximum atomic E-state index is 12.6. The fraction of sp³-hybridized carbons (Fsp3) is 0.650. The van der Waals surface area contributed by atoms with E-state index in [0.717, 1.165) is 55.7 Å². The molecule has 1 aromatic carbocycles. The predicted octanol–water partition coefficient (Wildman–Crippen LogP) is 2.72. The van der Waals surface area contributed by atoms with Gasteiger partial charge >= 0.3 is 0 Å². The lowest BCUT2D eigenvalue weighted by Gasteiger charge is -2.38. The van der Waals surface area contributed by atoms with Crippen molar-refractivity contribution in [1.29, 1.82) is 0 Å². The molecule has 0 spiro atoms. The molecule has 138 valence electrons. The standard InChI is InChI=1S/C20H30N2O3/c1-24-18-13-16(14-19(15-18)25-2)7-8-20(23)22-11-9-21(10-12-22)17-5-3-4-6-17/h13-15,17H,3-12H2,1-2H3. The van der Waals surface area contributed by atoms with Crippen molar-refractivity contribution in [2.75, 3.05) is 40.4 Å². The molecule has 1 saturated carbocycles. The van der Waals surface area contributed by atoms with E-state index >= 15 is 0 Å². The number of amides is 1. The highest BCUT2D eigenvalue weighted by molar-refractivity contribution is 5.76. The van der Waals surface area contributed by atoms with Gasteiger partial charge in [-0.2, -0.15) is 0 Å². The minimum atomic E-state index is 0.257. The highest BCUT2D eigenvalue weighted by Crippen LogP contribution is 2.25. The molecule has 5 nitrogen and oxygen atoms in total. The number of nitrogens with zero attached hydrogens (tertiary/aromatic N) is 2. The van der Waals surface area contributed by atoms with E-state index in [1.807, 2.05) is 23.1 Å². The molecule has 0 bridgehead atoms. The highest BCUT2D eigenvalue weighted by Gasteiger charge is 2.27. The highest BCUT2D eigenvalue weighted by atomic mass is 16.5. The molecule has 0 radical (unpaired) electrons. The molecule has 0 aromatic heterocycles. The van der Waals surface area contributed by atoms with Crippen molar-refractivity contribution in [1.82, 2.24) is 9.80 Å². The number of carbonyl (C=O) groups is 1. The molecular formula is C20H30N2O3. The smallest absolute Gasteiger partial charge is 0.222 e. The van der Waals surface area contributed by atoms with Crippen LogP contribution in [-0.4, -0.2) is 62.1 Å². The molecule has 0 N–H and O–H groups in total. The number of carbonyl (C=O) groups excluding carboxylic acids is 1. The second-order valence-corrected chi connectivity index (χ2v) is 7.08. The summed E-state index contributed by atoms with van der Waals surface area (Å²) in [6.07, 6.45) is 6.67. The van der Waals surface area contributed by atoms with Crippen molar-refractivity contribution in [3.05, 3.63) is 23.8 Å². The first kappa shape index (κ1) is 18.1. The van der Waals surface area contributed by atoms with Crippen LogP contribution < -0.4 is 9.47 Å². The molecule has 0 atom stereocenters. The zero-order valence-corrected chi connectivity index (χ0v) is 15.5. The second-order valence-electron chi connectivity index (χ2n) is 7.08. The number of piperazine rings is 1. The van der Waals surface area contributed by atoms with Crippen LogP contribution in [0, 0.1) is 0 Å². The summed E-state index contributed by atoms with van der Waals surface area (Å²) in [7, 11) is 3.29. The number of hydrogen-bond donors (Lipinski definition) is 0. The third-order valence-corrected chi connectivity index (χ3v) is 5.55. The lowest BCUT2D eigenvalue weighted by Crippen LogP contribution is -2.51. The van der Waals surface area contributed by atoms with Crippen LogP contribution in [0.5, 0.6) is 11.5 Å². The van der Waals surface area contributed by atoms with E-state index in [1.165, 1.54) is 25.7 Å². The van der Waals surface area contributed by atoms with Gasteiger partial charge in [-0.05, 0) is 37.0 Å². The Kier molecular flexibility index (Phi) is 6.19. The van der Waals surface area contributed by atoms with Gasteiger partial charge in [-0.15, -0.1) is 0 Å². The number of methoxy groups -OCH3 is 2. The van der Waals surface area contributed by atoms with Crippen molar-refractivity contribution in [3.8, 4) is 11.5 Å². The van der Waals surface area contributed by atoms with Crippen molar-refractivity contribution in [2.45, 2.75) is 44.6 Å². The van der Waals surface area contributed by atoms with Gasteiger partial charge in [-0.3, -0.25) is 9.69 Å². The van der Waals surface area contributed by atoms with E-state index in [9.17, 15) is 4.79 Å². The molecule has 5 heteroatoms.